The quantitative estimate of drug-likeness (QED) is 0.527. The van der Waals surface area contributed by atoms with E-state index in [2.05, 4.69) is 4.98 Å². The van der Waals surface area contributed by atoms with Gasteiger partial charge >= 0.3 is 0 Å². The first-order valence-electron chi connectivity index (χ1n) is 7.03. The molecule has 6 heteroatoms. The average molecular weight is 315 g/mol. The van der Waals surface area contributed by atoms with Crippen molar-refractivity contribution in [1.82, 2.24) is 9.55 Å². The Hall–Kier alpha value is -1.17. The SMILES string of the molecule is COCCOCCCn1c(CCCl)nc2ccc(F)cc21. The minimum atomic E-state index is -0.252. The molecule has 4 nitrogen and oxygen atoms in total. The van der Waals surface area contributed by atoms with Crippen molar-refractivity contribution < 1.29 is 13.9 Å². The molecule has 0 atom stereocenters. The van der Waals surface area contributed by atoms with Crippen molar-refractivity contribution in [3.63, 3.8) is 0 Å². The number of methoxy groups -OCH3 is 1. The van der Waals surface area contributed by atoms with E-state index >= 15 is 0 Å². The Labute approximate surface area is 128 Å². The third kappa shape index (κ3) is 4.40. The molecule has 1 aromatic heterocycles. The molecular formula is C15H20ClFN2O2. The summed E-state index contributed by atoms with van der Waals surface area (Å²) < 4.78 is 25.8. The number of aromatic nitrogens is 2. The molecule has 2 aromatic rings. The Kier molecular flexibility index (Phi) is 6.42. The van der Waals surface area contributed by atoms with Crippen LogP contribution in [-0.2, 0) is 22.4 Å². The number of hydrogen-bond acceptors (Lipinski definition) is 3. The Balaban J connectivity index is 2.05. The van der Waals surface area contributed by atoms with Crippen LogP contribution in [0.5, 0.6) is 0 Å². The molecule has 0 aliphatic rings. The molecule has 0 aliphatic heterocycles. The van der Waals surface area contributed by atoms with Gasteiger partial charge in [0.1, 0.15) is 11.6 Å². The summed E-state index contributed by atoms with van der Waals surface area (Å²) in [6.07, 6.45) is 1.50. The highest BCUT2D eigenvalue weighted by molar-refractivity contribution is 6.17. The lowest BCUT2D eigenvalue weighted by Gasteiger charge is -2.09. The molecule has 0 fully saturated rings. The maximum absolute atomic E-state index is 13.4. The summed E-state index contributed by atoms with van der Waals surface area (Å²) in [6, 6.07) is 4.65. The van der Waals surface area contributed by atoms with E-state index in [-0.39, 0.29) is 5.82 Å². The van der Waals surface area contributed by atoms with Gasteiger partial charge in [-0.05, 0) is 24.6 Å². The second kappa shape index (κ2) is 8.32. The van der Waals surface area contributed by atoms with E-state index in [1.54, 1.807) is 13.2 Å². The fraction of sp³-hybridized carbons (Fsp3) is 0.533. The molecule has 0 aliphatic carbocycles. The first-order chi connectivity index (χ1) is 10.3. The number of fused-ring (bicyclic) bond motifs is 1. The maximum atomic E-state index is 13.4. The smallest absolute Gasteiger partial charge is 0.125 e. The molecule has 2 rings (SSSR count). The van der Waals surface area contributed by atoms with E-state index in [1.165, 1.54) is 12.1 Å². The van der Waals surface area contributed by atoms with Gasteiger partial charge in [-0.3, -0.25) is 0 Å². The van der Waals surface area contributed by atoms with E-state index in [0.717, 1.165) is 29.8 Å². The van der Waals surface area contributed by atoms with Crippen molar-refractivity contribution in [2.75, 3.05) is 32.8 Å². The summed E-state index contributed by atoms with van der Waals surface area (Å²) >= 11 is 5.82. The largest absolute Gasteiger partial charge is 0.382 e. The molecule has 0 radical (unpaired) electrons. The minimum absolute atomic E-state index is 0.252. The Morgan fingerprint density at radius 2 is 2.14 bits per heavy atom. The number of nitrogens with zero attached hydrogens (tertiary/aromatic N) is 2. The number of hydrogen-bond donors (Lipinski definition) is 0. The average Bonchev–Trinajstić information content (AvgIpc) is 2.80. The lowest BCUT2D eigenvalue weighted by Crippen LogP contribution is -2.09. The summed E-state index contributed by atoms with van der Waals surface area (Å²) in [5.41, 5.74) is 1.61. The molecule has 0 amide bonds. The van der Waals surface area contributed by atoms with Gasteiger partial charge in [-0.2, -0.15) is 0 Å². The minimum Gasteiger partial charge on any atom is -0.382 e. The highest BCUT2D eigenvalue weighted by Gasteiger charge is 2.10. The Morgan fingerprint density at radius 3 is 2.90 bits per heavy atom. The van der Waals surface area contributed by atoms with Crippen molar-refractivity contribution in [2.45, 2.75) is 19.4 Å². The third-order valence-corrected chi connectivity index (χ3v) is 3.40. The van der Waals surface area contributed by atoms with Crippen molar-refractivity contribution in [3.05, 3.63) is 29.8 Å². The van der Waals surface area contributed by atoms with Crippen LogP contribution in [0.1, 0.15) is 12.2 Å². The van der Waals surface area contributed by atoms with Gasteiger partial charge in [0.15, 0.2) is 0 Å². The van der Waals surface area contributed by atoms with E-state index in [1.807, 2.05) is 4.57 Å². The molecule has 0 saturated heterocycles. The van der Waals surface area contributed by atoms with Gasteiger partial charge in [0.05, 0.1) is 24.2 Å². The Bertz CT molecular complexity index is 574. The summed E-state index contributed by atoms with van der Waals surface area (Å²) in [5, 5.41) is 0. The fourth-order valence-electron chi connectivity index (χ4n) is 2.24. The zero-order valence-corrected chi connectivity index (χ0v) is 12.9. The predicted molar refractivity (Wildman–Crippen MR) is 81.4 cm³/mol. The van der Waals surface area contributed by atoms with Gasteiger partial charge in [-0.25, -0.2) is 9.37 Å². The molecular weight excluding hydrogens is 295 g/mol. The summed E-state index contributed by atoms with van der Waals surface area (Å²) in [6.45, 7) is 2.55. The van der Waals surface area contributed by atoms with Gasteiger partial charge in [-0.1, -0.05) is 0 Å². The molecule has 0 bridgehead atoms. The lowest BCUT2D eigenvalue weighted by atomic mass is 10.3. The molecule has 1 aromatic carbocycles. The van der Waals surface area contributed by atoms with Gasteiger partial charge in [0, 0.05) is 32.6 Å². The van der Waals surface area contributed by atoms with E-state index < -0.39 is 0 Å². The highest BCUT2D eigenvalue weighted by Crippen LogP contribution is 2.19. The van der Waals surface area contributed by atoms with Gasteiger partial charge in [0.25, 0.3) is 0 Å². The number of rotatable bonds is 9. The van der Waals surface area contributed by atoms with Crippen molar-refractivity contribution in [1.29, 1.82) is 0 Å². The first-order valence-corrected chi connectivity index (χ1v) is 7.57. The van der Waals surface area contributed by atoms with Crippen molar-refractivity contribution in [2.24, 2.45) is 0 Å². The number of benzene rings is 1. The number of ether oxygens (including phenoxy) is 2. The van der Waals surface area contributed by atoms with Gasteiger partial charge < -0.3 is 14.0 Å². The molecule has 0 N–H and O–H groups in total. The van der Waals surface area contributed by atoms with Crippen molar-refractivity contribution in [3.8, 4) is 0 Å². The fourth-order valence-corrected chi connectivity index (χ4v) is 2.41. The highest BCUT2D eigenvalue weighted by atomic mass is 35.5. The van der Waals surface area contributed by atoms with Gasteiger partial charge in [-0.15, -0.1) is 11.6 Å². The first kappa shape index (κ1) is 16.2. The zero-order valence-electron chi connectivity index (χ0n) is 12.1. The second-order valence-electron chi connectivity index (χ2n) is 4.71. The standard InChI is InChI=1S/C15H20ClFN2O2/c1-20-9-10-21-8-2-7-19-14-11-12(17)3-4-13(14)18-15(19)5-6-16/h3-4,11H,2,5-10H2,1H3. The van der Waals surface area contributed by atoms with E-state index in [9.17, 15) is 4.39 Å². The summed E-state index contributed by atoms with van der Waals surface area (Å²) in [5.74, 6) is 1.13. The Morgan fingerprint density at radius 1 is 1.29 bits per heavy atom. The van der Waals surface area contributed by atoms with Crippen LogP contribution in [-0.4, -0.2) is 42.4 Å². The van der Waals surface area contributed by atoms with Crippen LogP contribution < -0.4 is 0 Å². The monoisotopic (exact) mass is 314 g/mol. The number of imidazole rings is 1. The molecule has 0 spiro atoms. The summed E-state index contributed by atoms with van der Waals surface area (Å²) in [4.78, 5) is 4.52. The number of alkyl halides is 1. The third-order valence-electron chi connectivity index (χ3n) is 3.21. The number of aryl methyl sites for hydroxylation is 2. The van der Waals surface area contributed by atoms with Crippen LogP contribution in [0, 0.1) is 5.82 Å². The molecule has 21 heavy (non-hydrogen) atoms. The number of halogens is 2. The normalized spacial score (nSPS) is 11.4. The van der Waals surface area contributed by atoms with E-state index in [0.29, 0.717) is 32.1 Å². The van der Waals surface area contributed by atoms with E-state index in [4.69, 9.17) is 21.1 Å². The van der Waals surface area contributed by atoms with Gasteiger partial charge in [0.2, 0.25) is 0 Å². The van der Waals surface area contributed by atoms with Crippen molar-refractivity contribution >= 4 is 22.6 Å². The molecule has 0 saturated carbocycles. The second-order valence-corrected chi connectivity index (χ2v) is 5.09. The van der Waals surface area contributed by atoms with Crippen LogP contribution in [0.3, 0.4) is 0 Å². The molecule has 116 valence electrons. The zero-order chi connectivity index (χ0) is 15.1. The van der Waals surface area contributed by atoms with Crippen LogP contribution >= 0.6 is 11.6 Å². The van der Waals surface area contributed by atoms with Crippen LogP contribution in [0.2, 0.25) is 0 Å². The van der Waals surface area contributed by atoms with Crippen LogP contribution in [0.25, 0.3) is 11.0 Å². The topological polar surface area (TPSA) is 36.3 Å². The lowest BCUT2D eigenvalue weighted by molar-refractivity contribution is 0.0680. The van der Waals surface area contributed by atoms with Crippen LogP contribution in [0.4, 0.5) is 4.39 Å². The predicted octanol–water partition coefficient (Wildman–Crippen LogP) is 3.01. The van der Waals surface area contributed by atoms with Crippen LogP contribution in [0.15, 0.2) is 18.2 Å². The summed E-state index contributed by atoms with van der Waals surface area (Å²) in [7, 11) is 1.65. The maximum Gasteiger partial charge on any atom is 0.125 e. The molecule has 0 unspecified atom stereocenters. The molecule has 1 heterocycles.